The van der Waals surface area contributed by atoms with Crippen molar-refractivity contribution >= 4 is 23.4 Å². The highest BCUT2D eigenvalue weighted by atomic mass is 35.5. The van der Waals surface area contributed by atoms with Gasteiger partial charge in [-0.25, -0.2) is 4.39 Å². The van der Waals surface area contributed by atoms with Gasteiger partial charge < -0.3 is 5.32 Å². The quantitative estimate of drug-likeness (QED) is 0.863. The molecular weight excluding hydrogens is 245 g/mol. The molecule has 0 saturated heterocycles. The highest BCUT2D eigenvalue weighted by Gasteiger charge is 2.09. The van der Waals surface area contributed by atoms with Crippen LogP contribution in [0, 0.1) is 5.82 Å². The van der Waals surface area contributed by atoms with E-state index in [2.05, 4.69) is 18.5 Å². The van der Waals surface area contributed by atoms with Gasteiger partial charge in [-0.15, -0.1) is 0 Å². The molecule has 1 aromatic rings. The molecule has 1 rings (SSSR count). The number of hydrogen-bond donors (Lipinski definition) is 1. The molecule has 0 spiro atoms. The molecule has 1 aromatic carbocycles. The Bertz CT molecular complexity index is 346. The van der Waals surface area contributed by atoms with E-state index in [9.17, 15) is 4.39 Å². The van der Waals surface area contributed by atoms with Gasteiger partial charge in [-0.05, 0) is 30.9 Å². The molecule has 0 amide bonds. The topological polar surface area (TPSA) is 12.0 Å². The Hall–Kier alpha value is -0.250. The van der Waals surface area contributed by atoms with Crippen LogP contribution in [0.25, 0.3) is 0 Å². The normalized spacial score (nSPS) is 14.8. The minimum Gasteiger partial charge on any atom is -0.309 e. The summed E-state index contributed by atoms with van der Waals surface area (Å²) in [5, 5.41) is 4.10. The Morgan fingerprint density at radius 2 is 2.12 bits per heavy atom. The molecule has 0 saturated carbocycles. The maximum Gasteiger partial charge on any atom is 0.142 e. The van der Waals surface area contributed by atoms with Crippen molar-refractivity contribution in [3.63, 3.8) is 0 Å². The average Bonchev–Trinajstić information content (AvgIpc) is 2.29. The van der Waals surface area contributed by atoms with Crippen molar-refractivity contribution in [3.8, 4) is 0 Å². The molecule has 0 fully saturated rings. The van der Waals surface area contributed by atoms with Crippen molar-refractivity contribution in [3.05, 3.63) is 34.6 Å². The van der Waals surface area contributed by atoms with Crippen molar-refractivity contribution < 1.29 is 4.39 Å². The van der Waals surface area contributed by atoms with E-state index in [1.54, 1.807) is 6.07 Å². The van der Waals surface area contributed by atoms with Crippen LogP contribution < -0.4 is 5.32 Å². The van der Waals surface area contributed by atoms with Gasteiger partial charge in [0, 0.05) is 17.8 Å². The largest absolute Gasteiger partial charge is 0.309 e. The van der Waals surface area contributed by atoms with Crippen LogP contribution in [-0.2, 0) is 0 Å². The summed E-state index contributed by atoms with van der Waals surface area (Å²) in [4.78, 5) is 0. The third kappa shape index (κ3) is 3.96. The van der Waals surface area contributed by atoms with Crippen LogP contribution in [-0.4, -0.2) is 18.1 Å². The van der Waals surface area contributed by atoms with E-state index >= 15 is 0 Å². The highest BCUT2D eigenvalue weighted by Crippen LogP contribution is 2.20. The van der Waals surface area contributed by atoms with Crippen LogP contribution in [0.1, 0.15) is 25.5 Å². The Balaban J connectivity index is 2.59. The lowest BCUT2D eigenvalue weighted by atomic mass is 10.1. The van der Waals surface area contributed by atoms with Crippen LogP contribution >= 0.6 is 23.4 Å². The van der Waals surface area contributed by atoms with Crippen molar-refractivity contribution in [2.45, 2.75) is 25.1 Å². The number of thioether (sulfide) groups is 1. The SMILES string of the molecule is CSC(C)CNC(C)c1ccc(Cl)c(F)c1. The molecule has 90 valence electrons. The molecule has 0 aromatic heterocycles. The van der Waals surface area contributed by atoms with E-state index in [0.717, 1.165) is 12.1 Å². The number of rotatable bonds is 5. The lowest BCUT2D eigenvalue weighted by Crippen LogP contribution is -2.25. The van der Waals surface area contributed by atoms with E-state index in [1.807, 2.05) is 24.8 Å². The lowest BCUT2D eigenvalue weighted by molar-refractivity contribution is 0.567. The fourth-order valence-electron chi connectivity index (χ4n) is 1.33. The fraction of sp³-hybridized carbons (Fsp3) is 0.500. The van der Waals surface area contributed by atoms with Crippen molar-refractivity contribution in [1.82, 2.24) is 5.32 Å². The zero-order valence-electron chi connectivity index (χ0n) is 9.76. The zero-order valence-corrected chi connectivity index (χ0v) is 11.3. The summed E-state index contributed by atoms with van der Waals surface area (Å²) in [5.74, 6) is -0.356. The lowest BCUT2D eigenvalue weighted by Gasteiger charge is -2.17. The molecular formula is C12H17ClFNS. The van der Waals surface area contributed by atoms with Gasteiger partial charge in [-0.3, -0.25) is 0 Å². The minimum absolute atomic E-state index is 0.140. The molecule has 0 aliphatic carbocycles. The molecule has 2 unspecified atom stereocenters. The van der Waals surface area contributed by atoms with Crippen LogP contribution in [0.4, 0.5) is 4.39 Å². The average molecular weight is 262 g/mol. The smallest absolute Gasteiger partial charge is 0.142 e. The predicted octanol–water partition coefficient (Wildman–Crippen LogP) is 3.88. The van der Waals surface area contributed by atoms with E-state index in [-0.39, 0.29) is 16.9 Å². The summed E-state index contributed by atoms with van der Waals surface area (Å²) in [5.41, 5.74) is 0.926. The second-order valence-corrected chi connectivity index (χ2v) is 5.53. The van der Waals surface area contributed by atoms with Gasteiger partial charge in [-0.2, -0.15) is 11.8 Å². The molecule has 0 radical (unpaired) electrons. The fourth-order valence-corrected chi connectivity index (χ4v) is 1.71. The Morgan fingerprint density at radius 3 is 2.69 bits per heavy atom. The van der Waals surface area contributed by atoms with Gasteiger partial charge in [0.05, 0.1) is 5.02 Å². The molecule has 1 N–H and O–H groups in total. The second-order valence-electron chi connectivity index (χ2n) is 3.85. The first-order valence-electron chi connectivity index (χ1n) is 5.25. The Kier molecular flexibility index (Phi) is 5.59. The van der Waals surface area contributed by atoms with Crippen molar-refractivity contribution in [1.29, 1.82) is 0 Å². The highest BCUT2D eigenvalue weighted by molar-refractivity contribution is 7.99. The first-order valence-corrected chi connectivity index (χ1v) is 6.92. The molecule has 0 aliphatic heterocycles. The summed E-state index contributed by atoms with van der Waals surface area (Å²) < 4.78 is 13.2. The minimum atomic E-state index is -0.356. The maximum absolute atomic E-state index is 13.2. The molecule has 2 atom stereocenters. The van der Waals surface area contributed by atoms with Crippen molar-refractivity contribution in [2.75, 3.05) is 12.8 Å². The molecule has 16 heavy (non-hydrogen) atoms. The maximum atomic E-state index is 13.2. The van der Waals surface area contributed by atoms with Crippen LogP contribution in [0.3, 0.4) is 0 Å². The van der Waals surface area contributed by atoms with E-state index in [1.165, 1.54) is 6.07 Å². The molecule has 0 bridgehead atoms. The van der Waals surface area contributed by atoms with Crippen LogP contribution in [0.15, 0.2) is 18.2 Å². The standard InChI is InChI=1S/C12H17ClFNS/c1-8(16-3)7-15-9(2)10-4-5-11(13)12(14)6-10/h4-6,8-9,15H,7H2,1-3H3. The van der Waals surface area contributed by atoms with E-state index in [0.29, 0.717) is 5.25 Å². The number of hydrogen-bond acceptors (Lipinski definition) is 2. The van der Waals surface area contributed by atoms with Gasteiger partial charge in [0.15, 0.2) is 0 Å². The number of benzene rings is 1. The summed E-state index contributed by atoms with van der Waals surface area (Å²) in [6, 6.07) is 5.08. The summed E-state index contributed by atoms with van der Waals surface area (Å²) >= 11 is 7.45. The summed E-state index contributed by atoms with van der Waals surface area (Å²) in [6.45, 7) is 5.09. The molecule has 4 heteroatoms. The summed E-state index contributed by atoms with van der Waals surface area (Å²) in [7, 11) is 0. The van der Waals surface area contributed by atoms with Crippen LogP contribution in [0.5, 0.6) is 0 Å². The van der Waals surface area contributed by atoms with E-state index in [4.69, 9.17) is 11.6 Å². The first-order chi connectivity index (χ1) is 7.54. The number of halogens is 2. The second kappa shape index (κ2) is 6.48. The Morgan fingerprint density at radius 1 is 1.44 bits per heavy atom. The molecule has 0 aliphatic rings. The van der Waals surface area contributed by atoms with E-state index < -0.39 is 0 Å². The third-order valence-corrected chi connectivity index (χ3v) is 3.84. The van der Waals surface area contributed by atoms with Crippen LogP contribution in [0.2, 0.25) is 5.02 Å². The van der Waals surface area contributed by atoms with Crippen molar-refractivity contribution in [2.24, 2.45) is 0 Å². The number of nitrogens with one attached hydrogen (secondary N) is 1. The monoisotopic (exact) mass is 261 g/mol. The predicted molar refractivity (Wildman–Crippen MR) is 70.8 cm³/mol. The van der Waals surface area contributed by atoms with Gasteiger partial charge in [0.2, 0.25) is 0 Å². The Labute approximate surface area is 106 Å². The summed E-state index contributed by atoms with van der Waals surface area (Å²) in [6.07, 6.45) is 2.08. The van der Waals surface area contributed by atoms with Gasteiger partial charge in [0.1, 0.15) is 5.82 Å². The third-order valence-electron chi connectivity index (χ3n) is 2.56. The zero-order chi connectivity index (χ0) is 12.1. The van der Waals surface area contributed by atoms with Gasteiger partial charge in [0.25, 0.3) is 0 Å². The molecule has 0 heterocycles. The van der Waals surface area contributed by atoms with Gasteiger partial charge in [-0.1, -0.05) is 24.6 Å². The van der Waals surface area contributed by atoms with Gasteiger partial charge >= 0.3 is 0 Å². The molecule has 1 nitrogen and oxygen atoms in total. The first kappa shape index (κ1) is 13.8.